The number of nitrogens with two attached hydrogens (primary N) is 1. The maximum Gasteiger partial charge on any atom is 0.325 e. The summed E-state index contributed by atoms with van der Waals surface area (Å²) in [5.74, 6) is -1.42. The van der Waals surface area contributed by atoms with Gasteiger partial charge in [0.15, 0.2) is 5.72 Å². The Morgan fingerprint density at radius 2 is 1.78 bits per heavy atom. The van der Waals surface area contributed by atoms with Crippen molar-refractivity contribution < 1.29 is 13.9 Å². The second-order valence-corrected chi connectivity index (χ2v) is 11.5. The van der Waals surface area contributed by atoms with Gasteiger partial charge in [-0.3, -0.25) is 4.79 Å². The van der Waals surface area contributed by atoms with Crippen molar-refractivity contribution in [2.75, 3.05) is 0 Å². The van der Waals surface area contributed by atoms with E-state index in [1.165, 1.54) is 6.07 Å². The number of esters is 1. The van der Waals surface area contributed by atoms with Crippen molar-refractivity contribution in [1.29, 1.82) is 0 Å². The molecule has 2 aromatic carbocycles. The molecule has 2 saturated heterocycles. The minimum Gasteiger partial charge on any atom is -0.443 e. The van der Waals surface area contributed by atoms with Crippen LogP contribution in [-0.2, 0) is 15.1 Å². The van der Waals surface area contributed by atoms with Crippen LogP contribution in [0.3, 0.4) is 0 Å². The topological polar surface area (TPSA) is 55.6 Å². The van der Waals surface area contributed by atoms with E-state index in [0.29, 0.717) is 22.0 Å². The molecule has 0 radical (unpaired) electrons. The molecule has 32 heavy (non-hydrogen) atoms. The summed E-state index contributed by atoms with van der Waals surface area (Å²) in [5, 5.41) is 0.817. The number of carbonyl (C=O) groups is 1. The standard InChI is InChI=1S/C25H29Cl2FN2O2/c1-23(2,3)13-19-25(29,17-10-9-16(27)12-18(17)28)20(14-7-6-8-15(26)11-14)21-22(31)32-24(4,5)30(19)21/h6-12,19-21H,13,29H2,1-5H3/t19-,20-,21+,25+/m0/s1. The molecule has 2 aromatic rings. The van der Waals surface area contributed by atoms with Gasteiger partial charge < -0.3 is 10.5 Å². The molecule has 2 aliphatic heterocycles. The minimum absolute atomic E-state index is 0.145. The minimum atomic E-state index is -1.23. The van der Waals surface area contributed by atoms with Crippen molar-refractivity contribution in [3.8, 4) is 0 Å². The van der Waals surface area contributed by atoms with Gasteiger partial charge in [-0.15, -0.1) is 0 Å². The van der Waals surface area contributed by atoms with E-state index in [2.05, 4.69) is 20.8 Å². The Bertz CT molecular complexity index is 1070. The number of halogens is 3. The van der Waals surface area contributed by atoms with E-state index in [9.17, 15) is 4.79 Å². The fourth-order valence-corrected chi connectivity index (χ4v) is 5.92. The highest BCUT2D eigenvalue weighted by Crippen LogP contribution is 2.57. The lowest BCUT2D eigenvalue weighted by Gasteiger charge is -2.44. The van der Waals surface area contributed by atoms with Gasteiger partial charge in [-0.25, -0.2) is 9.29 Å². The van der Waals surface area contributed by atoms with Crippen molar-refractivity contribution in [2.45, 2.75) is 70.3 Å². The lowest BCUT2D eigenvalue weighted by Crippen LogP contribution is -2.56. The summed E-state index contributed by atoms with van der Waals surface area (Å²) < 4.78 is 21.3. The molecule has 0 spiro atoms. The number of nitrogens with zero attached hydrogens (tertiary/aromatic N) is 1. The molecule has 2 fully saturated rings. The van der Waals surface area contributed by atoms with Gasteiger partial charge >= 0.3 is 5.97 Å². The third kappa shape index (κ3) is 3.73. The molecule has 172 valence electrons. The highest BCUT2D eigenvalue weighted by atomic mass is 35.5. The Kier molecular flexibility index (Phi) is 5.65. The number of hydrogen-bond donors (Lipinski definition) is 1. The van der Waals surface area contributed by atoms with Crippen molar-refractivity contribution in [1.82, 2.24) is 4.90 Å². The first-order chi connectivity index (χ1) is 14.8. The molecular weight excluding hydrogens is 450 g/mol. The van der Waals surface area contributed by atoms with Gasteiger partial charge in [0.05, 0.1) is 5.54 Å². The van der Waals surface area contributed by atoms with E-state index in [-0.39, 0.29) is 17.4 Å². The number of carbonyl (C=O) groups excluding carboxylic acids is 1. The van der Waals surface area contributed by atoms with E-state index in [0.717, 1.165) is 5.56 Å². The Morgan fingerprint density at radius 3 is 2.38 bits per heavy atom. The smallest absolute Gasteiger partial charge is 0.325 e. The molecule has 0 aliphatic carbocycles. The number of ether oxygens (including phenoxy) is 1. The van der Waals surface area contributed by atoms with E-state index in [1.807, 2.05) is 30.9 Å². The lowest BCUT2D eigenvalue weighted by molar-refractivity contribution is -0.152. The SMILES string of the molecule is CC(C)(C)C[C@@H]1N2[C@@H](C(=O)OC2(C)C)[C@H](c2cccc(Cl)c2)[C@@]1(N)c1ccc(Cl)cc1F. The average Bonchev–Trinajstić information content (AvgIpc) is 3.03. The van der Waals surface area contributed by atoms with Gasteiger partial charge in [0, 0.05) is 27.6 Å². The second kappa shape index (κ2) is 7.69. The molecule has 0 aromatic heterocycles. The molecule has 0 amide bonds. The van der Waals surface area contributed by atoms with Crippen LogP contribution in [0.25, 0.3) is 0 Å². The van der Waals surface area contributed by atoms with Crippen LogP contribution in [-0.4, -0.2) is 28.7 Å². The number of rotatable bonds is 3. The Morgan fingerprint density at radius 1 is 1.12 bits per heavy atom. The van der Waals surface area contributed by atoms with Crippen LogP contribution < -0.4 is 5.73 Å². The second-order valence-electron chi connectivity index (χ2n) is 10.6. The van der Waals surface area contributed by atoms with Crippen LogP contribution in [0.1, 0.15) is 58.1 Å². The average molecular weight is 479 g/mol. The molecule has 4 rings (SSSR count). The Labute approximate surface area is 198 Å². The van der Waals surface area contributed by atoms with Crippen molar-refractivity contribution >= 4 is 29.2 Å². The summed E-state index contributed by atoms with van der Waals surface area (Å²) in [6.45, 7) is 10.1. The van der Waals surface area contributed by atoms with Crippen molar-refractivity contribution in [3.63, 3.8) is 0 Å². The zero-order chi connectivity index (χ0) is 23.6. The summed E-state index contributed by atoms with van der Waals surface area (Å²) in [5.41, 5.74) is 6.15. The zero-order valence-electron chi connectivity index (χ0n) is 19.0. The van der Waals surface area contributed by atoms with Crippen molar-refractivity contribution in [3.05, 3.63) is 69.5 Å². The van der Waals surface area contributed by atoms with E-state index >= 15 is 4.39 Å². The van der Waals surface area contributed by atoms with E-state index < -0.39 is 29.0 Å². The third-order valence-electron chi connectivity index (χ3n) is 6.64. The van der Waals surface area contributed by atoms with Gasteiger partial charge in [0.1, 0.15) is 11.9 Å². The maximum atomic E-state index is 15.5. The molecule has 2 aliphatic rings. The van der Waals surface area contributed by atoms with Crippen LogP contribution in [0.2, 0.25) is 10.0 Å². The molecule has 2 heterocycles. The number of fused-ring (bicyclic) bond motifs is 1. The quantitative estimate of drug-likeness (QED) is 0.561. The summed E-state index contributed by atoms with van der Waals surface area (Å²) in [6, 6.07) is 10.8. The predicted molar refractivity (Wildman–Crippen MR) is 125 cm³/mol. The van der Waals surface area contributed by atoms with Gasteiger partial charge in [0.2, 0.25) is 0 Å². The van der Waals surface area contributed by atoms with Gasteiger partial charge in [-0.2, -0.15) is 0 Å². The monoisotopic (exact) mass is 478 g/mol. The van der Waals surface area contributed by atoms with Crippen LogP contribution in [0.4, 0.5) is 4.39 Å². The van der Waals surface area contributed by atoms with Crippen LogP contribution in [0, 0.1) is 11.2 Å². The number of hydrogen-bond acceptors (Lipinski definition) is 4. The molecular formula is C25H29Cl2FN2O2. The molecule has 4 atom stereocenters. The van der Waals surface area contributed by atoms with Gasteiger partial charge in [0.25, 0.3) is 0 Å². The fourth-order valence-electron chi connectivity index (χ4n) is 5.57. The molecule has 7 heteroatoms. The lowest BCUT2D eigenvalue weighted by atomic mass is 9.68. The number of benzene rings is 2. The molecule has 0 saturated carbocycles. The molecule has 0 bridgehead atoms. The van der Waals surface area contributed by atoms with Crippen LogP contribution in [0.5, 0.6) is 0 Å². The first-order valence-electron chi connectivity index (χ1n) is 10.8. The fraction of sp³-hybridized carbons (Fsp3) is 0.480. The Hall–Kier alpha value is -1.66. The van der Waals surface area contributed by atoms with E-state index in [4.69, 9.17) is 33.7 Å². The highest BCUT2D eigenvalue weighted by Gasteiger charge is 2.68. The summed E-state index contributed by atoms with van der Waals surface area (Å²) in [6.07, 6.45) is 0.624. The molecule has 0 unspecified atom stereocenters. The van der Waals surface area contributed by atoms with Crippen LogP contribution in [0.15, 0.2) is 42.5 Å². The normalized spacial score (nSPS) is 29.8. The van der Waals surface area contributed by atoms with E-state index in [1.54, 1.807) is 24.3 Å². The molecule has 4 nitrogen and oxygen atoms in total. The summed E-state index contributed by atoms with van der Waals surface area (Å²) >= 11 is 12.4. The summed E-state index contributed by atoms with van der Waals surface area (Å²) in [7, 11) is 0. The first kappa shape index (κ1) is 23.5. The first-order valence-corrected chi connectivity index (χ1v) is 11.5. The molecule has 2 N–H and O–H groups in total. The van der Waals surface area contributed by atoms with Gasteiger partial charge in [-0.1, -0.05) is 62.2 Å². The largest absolute Gasteiger partial charge is 0.443 e. The zero-order valence-corrected chi connectivity index (χ0v) is 20.5. The van der Waals surface area contributed by atoms with Crippen LogP contribution >= 0.6 is 23.2 Å². The Balaban J connectivity index is 2.03. The predicted octanol–water partition coefficient (Wildman–Crippen LogP) is 5.85. The van der Waals surface area contributed by atoms with Crippen molar-refractivity contribution in [2.24, 2.45) is 11.1 Å². The number of cyclic esters (lactones) is 1. The summed E-state index contributed by atoms with van der Waals surface area (Å²) in [4.78, 5) is 15.3. The third-order valence-corrected chi connectivity index (χ3v) is 7.11. The maximum absolute atomic E-state index is 15.5. The van der Waals surface area contributed by atoms with Gasteiger partial charge in [-0.05, 0) is 55.5 Å². The highest BCUT2D eigenvalue weighted by molar-refractivity contribution is 6.30.